The number of fused-ring (bicyclic) bond motifs is 1. The van der Waals surface area contributed by atoms with Gasteiger partial charge in [0.05, 0.1) is 16.7 Å². The summed E-state index contributed by atoms with van der Waals surface area (Å²) in [6.45, 7) is 5.21. The summed E-state index contributed by atoms with van der Waals surface area (Å²) in [6, 6.07) is 7.93. The van der Waals surface area contributed by atoms with Crippen LogP contribution < -0.4 is 4.90 Å². The lowest BCUT2D eigenvalue weighted by Crippen LogP contribution is -2.56. The van der Waals surface area contributed by atoms with Crippen molar-refractivity contribution < 1.29 is 27.6 Å². The largest absolute Gasteiger partial charge is 0.417 e. The van der Waals surface area contributed by atoms with Gasteiger partial charge in [0.15, 0.2) is 0 Å². The maximum atomic E-state index is 13.5. The van der Waals surface area contributed by atoms with Crippen molar-refractivity contribution in [2.75, 3.05) is 31.1 Å². The molecule has 2 aromatic rings. The first-order valence-corrected chi connectivity index (χ1v) is 11.1. The average molecular weight is 474 g/mol. The minimum Gasteiger partial charge on any atom is -0.353 e. The number of benzene rings is 1. The number of hydrogen-bond acceptors (Lipinski definition) is 5. The second-order valence-corrected chi connectivity index (χ2v) is 8.89. The number of piperazine rings is 1. The maximum absolute atomic E-state index is 13.5. The van der Waals surface area contributed by atoms with Gasteiger partial charge in [0.2, 0.25) is 5.91 Å². The lowest BCUT2D eigenvalue weighted by Gasteiger charge is -2.38. The molecule has 0 spiro atoms. The van der Waals surface area contributed by atoms with Crippen LogP contribution in [0.4, 0.5) is 19.0 Å². The summed E-state index contributed by atoms with van der Waals surface area (Å²) in [5.74, 6) is -0.766. The van der Waals surface area contributed by atoms with E-state index in [4.69, 9.17) is 0 Å². The number of aromatic nitrogens is 1. The molecule has 1 fully saturated rings. The highest BCUT2D eigenvalue weighted by molar-refractivity contribution is 6.22. The molecule has 10 heteroatoms. The minimum atomic E-state index is -4.45. The number of carbonyl (C=O) groups excluding carboxylic acids is 3. The van der Waals surface area contributed by atoms with E-state index in [1.54, 1.807) is 29.2 Å². The van der Waals surface area contributed by atoms with E-state index in [0.29, 0.717) is 49.5 Å². The first-order valence-electron chi connectivity index (χ1n) is 11.1. The number of amides is 3. The van der Waals surface area contributed by atoms with Crippen molar-refractivity contribution in [2.45, 2.75) is 32.5 Å². The zero-order valence-electron chi connectivity index (χ0n) is 18.9. The smallest absolute Gasteiger partial charge is 0.353 e. The fourth-order valence-electron chi connectivity index (χ4n) is 4.36. The summed E-state index contributed by atoms with van der Waals surface area (Å²) in [5, 5.41) is 0. The Morgan fingerprint density at radius 3 is 2.03 bits per heavy atom. The highest BCUT2D eigenvalue weighted by Crippen LogP contribution is 2.30. The van der Waals surface area contributed by atoms with Gasteiger partial charge in [0, 0.05) is 32.4 Å². The van der Waals surface area contributed by atoms with Crippen molar-refractivity contribution in [3.05, 3.63) is 59.3 Å². The average Bonchev–Trinajstić information content (AvgIpc) is 3.07. The van der Waals surface area contributed by atoms with E-state index < -0.39 is 29.6 Å². The van der Waals surface area contributed by atoms with Gasteiger partial charge in [-0.25, -0.2) is 4.98 Å². The lowest BCUT2D eigenvalue weighted by atomic mass is 10.0. The second kappa shape index (κ2) is 9.08. The van der Waals surface area contributed by atoms with Gasteiger partial charge in [-0.05, 0) is 36.6 Å². The molecule has 0 radical (unpaired) electrons. The van der Waals surface area contributed by atoms with Gasteiger partial charge in [0.1, 0.15) is 11.9 Å². The third-order valence-corrected chi connectivity index (χ3v) is 6.11. The van der Waals surface area contributed by atoms with Crippen molar-refractivity contribution in [1.29, 1.82) is 0 Å². The first kappa shape index (κ1) is 23.7. The Hall–Kier alpha value is -3.43. The van der Waals surface area contributed by atoms with Gasteiger partial charge in [-0.2, -0.15) is 13.2 Å². The fourth-order valence-corrected chi connectivity index (χ4v) is 4.36. The summed E-state index contributed by atoms with van der Waals surface area (Å²) < 4.78 is 38.4. The highest BCUT2D eigenvalue weighted by atomic mass is 19.4. The Kier molecular flexibility index (Phi) is 6.33. The van der Waals surface area contributed by atoms with Crippen LogP contribution in [0.3, 0.4) is 0 Å². The zero-order valence-corrected chi connectivity index (χ0v) is 18.9. The summed E-state index contributed by atoms with van der Waals surface area (Å²) in [7, 11) is 0. The third-order valence-electron chi connectivity index (χ3n) is 6.11. The quantitative estimate of drug-likeness (QED) is 0.621. The highest BCUT2D eigenvalue weighted by Gasteiger charge is 2.44. The number of imide groups is 1. The molecule has 3 amide bonds. The van der Waals surface area contributed by atoms with Crippen LogP contribution in [0.5, 0.6) is 0 Å². The van der Waals surface area contributed by atoms with Crippen LogP contribution in [0.25, 0.3) is 0 Å². The van der Waals surface area contributed by atoms with Crippen molar-refractivity contribution in [3.8, 4) is 0 Å². The van der Waals surface area contributed by atoms with E-state index in [2.05, 4.69) is 4.98 Å². The Morgan fingerprint density at radius 2 is 1.56 bits per heavy atom. The fraction of sp³-hybridized carbons (Fsp3) is 0.417. The second-order valence-electron chi connectivity index (χ2n) is 8.89. The molecular weight excluding hydrogens is 449 g/mol. The number of anilines is 1. The summed E-state index contributed by atoms with van der Waals surface area (Å²) in [6.07, 6.45) is -3.31. The van der Waals surface area contributed by atoms with E-state index in [9.17, 15) is 27.6 Å². The number of nitrogens with zero attached hydrogens (tertiary/aromatic N) is 4. The van der Waals surface area contributed by atoms with Crippen LogP contribution in [0.1, 0.15) is 46.5 Å². The summed E-state index contributed by atoms with van der Waals surface area (Å²) in [5.41, 5.74) is -0.220. The maximum Gasteiger partial charge on any atom is 0.417 e. The molecule has 3 heterocycles. The van der Waals surface area contributed by atoms with Crippen molar-refractivity contribution in [1.82, 2.24) is 14.8 Å². The lowest BCUT2D eigenvalue weighted by molar-refractivity contribution is -0.138. The molecule has 1 aromatic heterocycles. The first-order chi connectivity index (χ1) is 16.1. The third kappa shape index (κ3) is 4.49. The molecule has 1 atom stereocenters. The standard InChI is InChI=1S/C24H25F3N4O3/c1-15(2)13-19(31-21(32)17-5-3-4-6-18(17)22(31)33)23(34)30-11-9-29(10-12-30)20-8-7-16(14-28-20)24(25,26)27/h3-8,14-15,19H,9-13H2,1-2H3. The predicted octanol–water partition coefficient (Wildman–Crippen LogP) is 3.46. The molecule has 0 N–H and O–H groups in total. The van der Waals surface area contributed by atoms with Crippen molar-refractivity contribution >= 4 is 23.5 Å². The Bertz CT molecular complexity index is 1060. The monoisotopic (exact) mass is 474 g/mol. The molecule has 34 heavy (non-hydrogen) atoms. The Morgan fingerprint density at radius 1 is 0.971 bits per heavy atom. The number of alkyl halides is 3. The molecule has 1 saturated heterocycles. The molecule has 2 aliphatic heterocycles. The van der Waals surface area contributed by atoms with Crippen LogP contribution >= 0.6 is 0 Å². The van der Waals surface area contributed by atoms with Crippen LogP contribution in [0, 0.1) is 5.92 Å². The van der Waals surface area contributed by atoms with Gasteiger partial charge < -0.3 is 9.80 Å². The molecule has 1 aromatic carbocycles. The Labute approximate surface area is 195 Å². The van der Waals surface area contributed by atoms with Crippen molar-refractivity contribution in [3.63, 3.8) is 0 Å². The van der Waals surface area contributed by atoms with Crippen LogP contribution in [-0.4, -0.2) is 64.7 Å². The molecule has 7 nitrogen and oxygen atoms in total. The summed E-state index contributed by atoms with van der Waals surface area (Å²) >= 11 is 0. The molecule has 1 unspecified atom stereocenters. The molecule has 180 valence electrons. The van der Waals surface area contributed by atoms with Gasteiger partial charge in [-0.3, -0.25) is 19.3 Å². The van der Waals surface area contributed by atoms with Crippen LogP contribution in [0.15, 0.2) is 42.6 Å². The summed E-state index contributed by atoms with van der Waals surface area (Å²) in [4.78, 5) is 47.9. The molecular formula is C24H25F3N4O3. The number of halogens is 3. The molecule has 0 aliphatic carbocycles. The number of hydrogen-bond donors (Lipinski definition) is 0. The van der Waals surface area contributed by atoms with Crippen LogP contribution in [0.2, 0.25) is 0 Å². The van der Waals surface area contributed by atoms with Crippen molar-refractivity contribution in [2.24, 2.45) is 5.92 Å². The predicted molar refractivity (Wildman–Crippen MR) is 118 cm³/mol. The van der Waals surface area contributed by atoms with Gasteiger partial charge >= 0.3 is 6.18 Å². The van der Waals surface area contributed by atoms with Gasteiger partial charge in [-0.15, -0.1) is 0 Å². The molecule has 2 aliphatic rings. The number of rotatable bonds is 5. The molecule has 0 saturated carbocycles. The van der Waals surface area contributed by atoms with E-state index in [1.165, 1.54) is 6.07 Å². The van der Waals surface area contributed by atoms with E-state index in [-0.39, 0.29) is 11.8 Å². The molecule has 0 bridgehead atoms. The van der Waals surface area contributed by atoms with E-state index in [0.717, 1.165) is 17.2 Å². The van der Waals surface area contributed by atoms with Gasteiger partial charge in [-0.1, -0.05) is 26.0 Å². The zero-order chi connectivity index (χ0) is 24.6. The number of pyridine rings is 1. The van der Waals surface area contributed by atoms with Gasteiger partial charge in [0.25, 0.3) is 11.8 Å². The molecule has 4 rings (SSSR count). The number of carbonyl (C=O) groups is 3. The Balaban J connectivity index is 1.47. The minimum absolute atomic E-state index is 0.0656. The topological polar surface area (TPSA) is 73.8 Å². The van der Waals surface area contributed by atoms with E-state index >= 15 is 0 Å². The normalized spacial score (nSPS) is 17.4. The SMILES string of the molecule is CC(C)CC(C(=O)N1CCN(c2ccc(C(F)(F)F)cn2)CC1)N1C(=O)c2ccccc2C1=O. The van der Waals surface area contributed by atoms with Crippen LogP contribution in [-0.2, 0) is 11.0 Å². The van der Waals surface area contributed by atoms with E-state index in [1.807, 2.05) is 18.7 Å².